The molecule has 0 aliphatic carbocycles. The molecule has 0 bridgehead atoms. The molecule has 1 unspecified atom stereocenters. The van der Waals surface area contributed by atoms with Gasteiger partial charge in [0.05, 0.1) is 13.2 Å². The fourth-order valence-electron chi connectivity index (χ4n) is 1.04. The first kappa shape index (κ1) is 9.95. The van der Waals surface area contributed by atoms with Crippen LogP contribution in [-0.2, 0) is 6.42 Å². The van der Waals surface area contributed by atoms with Crippen molar-refractivity contribution >= 4 is 0 Å². The van der Waals surface area contributed by atoms with Gasteiger partial charge in [-0.3, -0.25) is 0 Å². The van der Waals surface area contributed by atoms with Crippen LogP contribution in [0.3, 0.4) is 0 Å². The molecule has 13 heavy (non-hydrogen) atoms. The highest BCUT2D eigenvalue weighted by molar-refractivity contribution is 5.20. The van der Waals surface area contributed by atoms with Gasteiger partial charge in [-0.25, -0.2) is 4.98 Å². The topological polar surface area (TPSA) is 68.4 Å². The lowest BCUT2D eigenvalue weighted by Crippen LogP contribution is -2.21. The van der Waals surface area contributed by atoms with E-state index in [1.807, 2.05) is 6.07 Å². The monoisotopic (exact) mass is 182 g/mol. The van der Waals surface area contributed by atoms with Gasteiger partial charge in [0, 0.05) is 18.8 Å². The lowest BCUT2D eigenvalue weighted by atomic mass is 10.1. The molecule has 0 saturated carbocycles. The van der Waals surface area contributed by atoms with E-state index in [-0.39, 0.29) is 6.54 Å². The lowest BCUT2D eigenvalue weighted by Gasteiger charge is -2.07. The molecule has 1 aromatic heterocycles. The van der Waals surface area contributed by atoms with Crippen LogP contribution in [0.15, 0.2) is 18.3 Å². The number of aliphatic hydroxyl groups excluding tert-OH is 1. The first-order valence-corrected chi connectivity index (χ1v) is 4.13. The van der Waals surface area contributed by atoms with Gasteiger partial charge in [0.15, 0.2) is 0 Å². The number of methoxy groups -OCH3 is 1. The summed E-state index contributed by atoms with van der Waals surface area (Å²) in [5, 5.41) is 9.29. The molecule has 0 aromatic carbocycles. The Morgan fingerprint density at radius 1 is 1.69 bits per heavy atom. The standard InChI is InChI=1S/C9H14N2O2/c1-13-9-5-7(2-3-11-9)4-8(12)6-10/h2-3,5,8,12H,4,6,10H2,1H3. The summed E-state index contributed by atoms with van der Waals surface area (Å²) in [6.45, 7) is 0.268. The molecule has 1 atom stereocenters. The number of rotatable bonds is 4. The first-order valence-electron chi connectivity index (χ1n) is 4.13. The summed E-state index contributed by atoms with van der Waals surface area (Å²) < 4.78 is 4.95. The highest BCUT2D eigenvalue weighted by Crippen LogP contribution is 2.09. The van der Waals surface area contributed by atoms with E-state index in [9.17, 15) is 5.11 Å². The van der Waals surface area contributed by atoms with Crippen molar-refractivity contribution in [3.63, 3.8) is 0 Å². The summed E-state index contributed by atoms with van der Waals surface area (Å²) in [4.78, 5) is 3.96. The molecule has 1 heterocycles. The minimum atomic E-state index is -0.493. The number of aromatic nitrogens is 1. The Morgan fingerprint density at radius 2 is 2.46 bits per heavy atom. The van der Waals surface area contributed by atoms with Gasteiger partial charge >= 0.3 is 0 Å². The van der Waals surface area contributed by atoms with Gasteiger partial charge in [-0.2, -0.15) is 0 Å². The minimum absolute atomic E-state index is 0.268. The third-order valence-electron chi connectivity index (χ3n) is 1.75. The Kier molecular flexibility index (Phi) is 3.67. The molecular formula is C9H14N2O2. The predicted octanol–water partition coefficient (Wildman–Crippen LogP) is -0.0477. The van der Waals surface area contributed by atoms with Crippen LogP contribution in [0.25, 0.3) is 0 Å². The Labute approximate surface area is 77.4 Å². The van der Waals surface area contributed by atoms with Crippen molar-refractivity contribution < 1.29 is 9.84 Å². The Bertz CT molecular complexity index is 266. The zero-order valence-electron chi connectivity index (χ0n) is 7.60. The molecule has 0 aliphatic rings. The third-order valence-corrected chi connectivity index (χ3v) is 1.75. The van der Waals surface area contributed by atoms with Crippen molar-refractivity contribution in [3.8, 4) is 5.88 Å². The molecule has 0 spiro atoms. The van der Waals surface area contributed by atoms with E-state index in [2.05, 4.69) is 4.98 Å². The van der Waals surface area contributed by atoms with E-state index in [4.69, 9.17) is 10.5 Å². The summed E-state index contributed by atoms with van der Waals surface area (Å²) in [5.74, 6) is 0.557. The van der Waals surface area contributed by atoms with Gasteiger partial charge in [-0.05, 0) is 18.1 Å². The summed E-state index contributed by atoms with van der Waals surface area (Å²) in [7, 11) is 1.56. The maximum absolute atomic E-state index is 9.29. The minimum Gasteiger partial charge on any atom is -0.481 e. The van der Waals surface area contributed by atoms with Crippen LogP contribution >= 0.6 is 0 Å². The smallest absolute Gasteiger partial charge is 0.213 e. The van der Waals surface area contributed by atoms with E-state index in [1.165, 1.54) is 0 Å². The SMILES string of the molecule is COc1cc(CC(O)CN)ccn1. The number of nitrogens with zero attached hydrogens (tertiary/aromatic N) is 1. The molecule has 0 aliphatic heterocycles. The van der Waals surface area contributed by atoms with E-state index >= 15 is 0 Å². The highest BCUT2D eigenvalue weighted by Gasteiger charge is 2.03. The van der Waals surface area contributed by atoms with E-state index in [0.717, 1.165) is 5.56 Å². The number of aliphatic hydroxyl groups is 1. The van der Waals surface area contributed by atoms with E-state index < -0.39 is 6.10 Å². The fourth-order valence-corrected chi connectivity index (χ4v) is 1.04. The fraction of sp³-hybridized carbons (Fsp3) is 0.444. The van der Waals surface area contributed by atoms with Crippen LogP contribution in [0.4, 0.5) is 0 Å². The Morgan fingerprint density at radius 3 is 3.08 bits per heavy atom. The van der Waals surface area contributed by atoms with Crippen molar-refractivity contribution in [1.29, 1.82) is 0 Å². The van der Waals surface area contributed by atoms with Gasteiger partial charge < -0.3 is 15.6 Å². The molecule has 4 heteroatoms. The van der Waals surface area contributed by atoms with Crippen LogP contribution in [-0.4, -0.2) is 29.8 Å². The van der Waals surface area contributed by atoms with Crippen LogP contribution in [0, 0.1) is 0 Å². The van der Waals surface area contributed by atoms with Crippen LogP contribution in [0.2, 0.25) is 0 Å². The summed E-state index contributed by atoms with van der Waals surface area (Å²) in [6.07, 6.45) is 1.69. The summed E-state index contributed by atoms with van der Waals surface area (Å²) in [5.41, 5.74) is 6.27. The van der Waals surface area contributed by atoms with Crippen molar-refractivity contribution in [3.05, 3.63) is 23.9 Å². The van der Waals surface area contributed by atoms with Crippen molar-refractivity contribution in [2.24, 2.45) is 5.73 Å². The molecule has 0 amide bonds. The van der Waals surface area contributed by atoms with Crippen molar-refractivity contribution in [1.82, 2.24) is 4.98 Å². The third kappa shape index (κ3) is 3.01. The van der Waals surface area contributed by atoms with E-state index in [1.54, 1.807) is 19.4 Å². The second-order valence-electron chi connectivity index (χ2n) is 2.80. The second kappa shape index (κ2) is 4.79. The highest BCUT2D eigenvalue weighted by atomic mass is 16.5. The van der Waals surface area contributed by atoms with E-state index in [0.29, 0.717) is 12.3 Å². The van der Waals surface area contributed by atoms with Crippen LogP contribution < -0.4 is 10.5 Å². The van der Waals surface area contributed by atoms with Gasteiger partial charge in [0.2, 0.25) is 5.88 Å². The average molecular weight is 182 g/mol. The van der Waals surface area contributed by atoms with Crippen LogP contribution in [0.1, 0.15) is 5.56 Å². The summed E-state index contributed by atoms with van der Waals surface area (Å²) in [6, 6.07) is 3.63. The van der Waals surface area contributed by atoms with Gasteiger partial charge in [0.1, 0.15) is 0 Å². The maximum atomic E-state index is 9.29. The number of ether oxygens (including phenoxy) is 1. The number of nitrogens with two attached hydrogens (primary N) is 1. The second-order valence-corrected chi connectivity index (χ2v) is 2.80. The summed E-state index contributed by atoms with van der Waals surface area (Å²) >= 11 is 0. The average Bonchev–Trinajstić information content (AvgIpc) is 2.18. The Hall–Kier alpha value is -1.13. The number of hydrogen-bond acceptors (Lipinski definition) is 4. The largest absolute Gasteiger partial charge is 0.481 e. The van der Waals surface area contributed by atoms with Crippen LogP contribution in [0.5, 0.6) is 5.88 Å². The zero-order chi connectivity index (χ0) is 9.68. The Balaban J connectivity index is 2.66. The van der Waals surface area contributed by atoms with Crippen molar-refractivity contribution in [2.75, 3.05) is 13.7 Å². The zero-order valence-corrected chi connectivity index (χ0v) is 7.60. The molecule has 0 radical (unpaired) electrons. The molecule has 0 saturated heterocycles. The molecule has 4 nitrogen and oxygen atoms in total. The molecule has 3 N–H and O–H groups in total. The van der Waals surface area contributed by atoms with Gasteiger partial charge in [0.25, 0.3) is 0 Å². The molecule has 0 fully saturated rings. The number of pyridine rings is 1. The molecule has 72 valence electrons. The van der Waals surface area contributed by atoms with Gasteiger partial charge in [-0.15, -0.1) is 0 Å². The normalized spacial score (nSPS) is 12.5. The molecule has 1 aromatic rings. The first-order chi connectivity index (χ1) is 6.26. The quantitative estimate of drug-likeness (QED) is 0.685. The maximum Gasteiger partial charge on any atom is 0.213 e. The van der Waals surface area contributed by atoms with Gasteiger partial charge in [-0.1, -0.05) is 0 Å². The molecular weight excluding hydrogens is 168 g/mol. The lowest BCUT2D eigenvalue weighted by molar-refractivity contribution is 0.183. The number of hydrogen-bond donors (Lipinski definition) is 2. The molecule has 1 rings (SSSR count). The predicted molar refractivity (Wildman–Crippen MR) is 49.6 cm³/mol. The van der Waals surface area contributed by atoms with Crippen molar-refractivity contribution in [2.45, 2.75) is 12.5 Å².